The SMILES string of the molecule is CCCCC[Si]1(c2ccccc2)CCC(C[P+](c2ccccc2)(c2ccccc2)c2ccccc2)CC1. The topological polar surface area (TPSA) is 0 Å². The number of unbranched alkanes of at least 4 members (excludes halogenated alkanes) is 2. The van der Waals surface area contributed by atoms with Gasteiger partial charge in [0.15, 0.2) is 0 Å². The molecule has 4 aromatic rings. The van der Waals surface area contributed by atoms with Crippen LogP contribution < -0.4 is 21.1 Å². The predicted molar refractivity (Wildman–Crippen MR) is 169 cm³/mol. The van der Waals surface area contributed by atoms with Crippen molar-refractivity contribution in [2.45, 2.75) is 57.2 Å². The lowest BCUT2D eigenvalue weighted by Crippen LogP contribution is -2.50. The van der Waals surface area contributed by atoms with Gasteiger partial charge in [-0.1, -0.05) is 134 Å². The van der Waals surface area contributed by atoms with Crippen LogP contribution in [0.3, 0.4) is 0 Å². The van der Waals surface area contributed by atoms with Gasteiger partial charge in [0, 0.05) is 0 Å². The molecule has 0 N–H and O–H groups in total. The summed E-state index contributed by atoms with van der Waals surface area (Å²) in [5.41, 5.74) is 0. The van der Waals surface area contributed by atoms with E-state index < -0.39 is 15.3 Å². The van der Waals surface area contributed by atoms with Crippen molar-refractivity contribution in [3.05, 3.63) is 121 Å². The van der Waals surface area contributed by atoms with E-state index in [0.29, 0.717) is 0 Å². The van der Waals surface area contributed by atoms with Crippen molar-refractivity contribution in [3.63, 3.8) is 0 Å². The van der Waals surface area contributed by atoms with Gasteiger partial charge in [-0.15, -0.1) is 0 Å². The Kier molecular flexibility index (Phi) is 8.75. The van der Waals surface area contributed by atoms with Crippen LogP contribution in [0.1, 0.15) is 39.0 Å². The molecule has 0 nitrogen and oxygen atoms in total. The maximum absolute atomic E-state index is 2.47. The Bertz CT molecular complexity index is 1100. The Morgan fingerprint density at radius 3 is 1.46 bits per heavy atom. The molecule has 0 spiro atoms. The minimum absolute atomic E-state index is 0.782. The molecule has 190 valence electrons. The van der Waals surface area contributed by atoms with Crippen molar-refractivity contribution in [1.82, 2.24) is 0 Å². The summed E-state index contributed by atoms with van der Waals surface area (Å²) in [5, 5.41) is 6.33. The number of hydrogen-bond acceptors (Lipinski definition) is 0. The zero-order chi connectivity index (χ0) is 25.4. The smallest absolute Gasteiger partial charge is 0.0654 e. The van der Waals surface area contributed by atoms with Gasteiger partial charge in [0.25, 0.3) is 0 Å². The van der Waals surface area contributed by atoms with Gasteiger partial charge in [0.2, 0.25) is 0 Å². The standard InChI is InChI=1S/C35H42PSi/c1-2-3-16-27-37(35-23-14-7-15-24-35)28-25-31(26-29-37)30-36(32-17-8-4-9-18-32,33-19-10-5-11-20-33)34-21-12-6-13-22-34/h4-15,17-24,31H,2-3,16,25-30H2,1H3/q+1. The van der Waals surface area contributed by atoms with Gasteiger partial charge in [-0.3, -0.25) is 0 Å². The fourth-order valence-corrected chi connectivity index (χ4v) is 16.9. The molecule has 0 atom stereocenters. The molecule has 0 bridgehead atoms. The Hall–Kier alpha value is -2.47. The van der Waals surface area contributed by atoms with E-state index in [-0.39, 0.29) is 0 Å². The van der Waals surface area contributed by atoms with Gasteiger partial charge in [0.05, 0.1) is 14.2 Å². The molecule has 0 unspecified atom stereocenters. The summed E-state index contributed by atoms with van der Waals surface area (Å²) < 4.78 is 0. The summed E-state index contributed by atoms with van der Waals surface area (Å²) in [7, 11) is -3.18. The van der Waals surface area contributed by atoms with E-state index >= 15 is 0 Å². The quantitative estimate of drug-likeness (QED) is 0.113. The number of hydrogen-bond donors (Lipinski definition) is 0. The second-order valence-electron chi connectivity index (χ2n) is 11.0. The Morgan fingerprint density at radius 1 is 0.595 bits per heavy atom. The summed E-state index contributed by atoms with van der Waals surface area (Å²) in [6, 6.07) is 50.5. The molecule has 1 saturated heterocycles. The average molecular weight is 522 g/mol. The molecule has 1 heterocycles. The van der Waals surface area contributed by atoms with Crippen LogP contribution in [0.15, 0.2) is 121 Å². The van der Waals surface area contributed by atoms with Crippen LogP contribution in [-0.2, 0) is 0 Å². The first-order valence-electron chi connectivity index (χ1n) is 14.4. The van der Waals surface area contributed by atoms with E-state index in [0.717, 1.165) is 5.92 Å². The summed E-state index contributed by atoms with van der Waals surface area (Å²) >= 11 is 0. The van der Waals surface area contributed by atoms with Gasteiger partial charge in [0.1, 0.15) is 23.2 Å². The second-order valence-corrected chi connectivity index (χ2v) is 19.2. The lowest BCUT2D eigenvalue weighted by Gasteiger charge is -2.41. The van der Waals surface area contributed by atoms with Crippen molar-refractivity contribution in [2.75, 3.05) is 6.16 Å². The van der Waals surface area contributed by atoms with E-state index in [4.69, 9.17) is 0 Å². The molecule has 0 saturated carbocycles. The lowest BCUT2D eigenvalue weighted by atomic mass is 10.1. The fraction of sp³-hybridized carbons (Fsp3) is 0.314. The minimum atomic E-state index is -1.75. The maximum Gasteiger partial charge on any atom is 0.112 e. The molecule has 4 aromatic carbocycles. The summed E-state index contributed by atoms with van der Waals surface area (Å²) in [6.07, 6.45) is 8.19. The van der Waals surface area contributed by atoms with Crippen molar-refractivity contribution >= 4 is 36.4 Å². The van der Waals surface area contributed by atoms with Crippen LogP contribution in [0.2, 0.25) is 18.1 Å². The molecule has 0 amide bonds. The minimum Gasteiger partial charge on any atom is -0.0654 e. The highest BCUT2D eigenvalue weighted by Crippen LogP contribution is 2.58. The zero-order valence-electron chi connectivity index (χ0n) is 22.4. The average Bonchev–Trinajstić information content (AvgIpc) is 2.99. The summed E-state index contributed by atoms with van der Waals surface area (Å²) in [4.78, 5) is 0. The van der Waals surface area contributed by atoms with Gasteiger partial charge in [-0.2, -0.15) is 0 Å². The first kappa shape index (κ1) is 26.1. The van der Waals surface area contributed by atoms with Crippen LogP contribution >= 0.6 is 7.26 Å². The van der Waals surface area contributed by atoms with Gasteiger partial charge in [-0.25, -0.2) is 0 Å². The molecule has 1 fully saturated rings. The third-order valence-electron chi connectivity index (χ3n) is 8.83. The summed E-state index contributed by atoms with van der Waals surface area (Å²) in [6.45, 7) is 2.34. The van der Waals surface area contributed by atoms with Crippen molar-refractivity contribution in [2.24, 2.45) is 5.92 Å². The van der Waals surface area contributed by atoms with Crippen LogP contribution in [0.5, 0.6) is 0 Å². The molecule has 0 radical (unpaired) electrons. The number of rotatable bonds is 10. The first-order valence-corrected chi connectivity index (χ1v) is 19.0. The third-order valence-corrected chi connectivity index (χ3v) is 18.8. The molecule has 0 aliphatic carbocycles. The highest BCUT2D eigenvalue weighted by Gasteiger charge is 2.49. The molecule has 2 heteroatoms. The number of benzene rings is 4. The molecule has 1 aliphatic heterocycles. The lowest BCUT2D eigenvalue weighted by molar-refractivity contribution is 0.517. The van der Waals surface area contributed by atoms with Gasteiger partial charge in [-0.05, 0) is 55.2 Å². The van der Waals surface area contributed by atoms with Crippen LogP contribution in [-0.4, -0.2) is 14.2 Å². The van der Waals surface area contributed by atoms with Crippen molar-refractivity contribution in [3.8, 4) is 0 Å². The van der Waals surface area contributed by atoms with Crippen LogP contribution in [0.4, 0.5) is 0 Å². The monoisotopic (exact) mass is 521 g/mol. The highest BCUT2D eigenvalue weighted by molar-refractivity contribution is 7.95. The molecule has 1 aliphatic rings. The normalized spacial score (nSPS) is 20.0. The van der Waals surface area contributed by atoms with E-state index in [2.05, 4.69) is 128 Å². The van der Waals surface area contributed by atoms with Crippen LogP contribution in [0, 0.1) is 5.92 Å². The van der Waals surface area contributed by atoms with Gasteiger partial charge >= 0.3 is 0 Å². The van der Waals surface area contributed by atoms with Crippen LogP contribution in [0.25, 0.3) is 0 Å². The van der Waals surface area contributed by atoms with Gasteiger partial charge < -0.3 is 0 Å². The third kappa shape index (κ3) is 5.69. The highest BCUT2D eigenvalue weighted by atomic mass is 31.2. The summed E-state index contributed by atoms with van der Waals surface area (Å²) in [5.74, 6) is 0.782. The Morgan fingerprint density at radius 2 is 1.03 bits per heavy atom. The molecular weight excluding hydrogens is 479 g/mol. The fourth-order valence-electron chi connectivity index (χ4n) is 6.80. The first-order chi connectivity index (χ1) is 18.3. The molecular formula is C35H42PSi+. The Labute approximate surface area is 226 Å². The maximum atomic E-state index is 2.47. The van der Waals surface area contributed by atoms with E-state index in [9.17, 15) is 0 Å². The van der Waals surface area contributed by atoms with Crippen molar-refractivity contribution in [1.29, 1.82) is 0 Å². The molecule has 37 heavy (non-hydrogen) atoms. The van der Waals surface area contributed by atoms with E-state index in [1.165, 1.54) is 72.3 Å². The van der Waals surface area contributed by atoms with E-state index in [1.54, 1.807) is 5.19 Å². The van der Waals surface area contributed by atoms with Crippen molar-refractivity contribution < 1.29 is 0 Å². The largest absolute Gasteiger partial charge is 0.112 e. The molecule has 5 rings (SSSR count). The van der Waals surface area contributed by atoms with E-state index in [1.807, 2.05) is 0 Å². The zero-order valence-corrected chi connectivity index (χ0v) is 24.3. The molecule has 0 aromatic heterocycles. The Balaban J connectivity index is 1.49. The predicted octanol–water partition coefficient (Wildman–Crippen LogP) is 7.94. The second kappa shape index (κ2) is 12.4.